The van der Waals surface area contributed by atoms with Gasteiger partial charge in [0, 0.05) is 7.05 Å². The average Bonchev–Trinajstić information content (AvgIpc) is 2.39. The molecule has 0 N–H and O–H groups in total. The Morgan fingerprint density at radius 2 is 1.53 bits per heavy atom. The second-order valence-electron chi connectivity index (χ2n) is 4.26. The molecule has 0 aliphatic rings. The Balaban J connectivity index is 2.39. The standard InChI is InChI=1S/C13H13BFNO2S/c1-16(12-6-4-11(15)5-7-12)19(17,18)13-8-2-10(14)3-9-13/h2-9H,14H2,1H3. The van der Waals surface area contributed by atoms with E-state index in [0.29, 0.717) is 5.69 Å². The van der Waals surface area contributed by atoms with Crippen LogP contribution in [0.4, 0.5) is 10.1 Å². The van der Waals surface area contributed by atoms with Crippen LogP contribution in [0.15, 0.2) is 53.4 Å². The van der Waals surface area contributed by atoms with Crippen molar-refractivity contribution >= 4 is 29.0 Å². The van der Waals surface area contributed by atoms with Gasteiger partial charge in [0.05, 0.1) is 10.6 Å². The van der Waals surface area contributed by atoms with Gasteiger partial charge in [-0.25, -0.2) is 12.8 Å². The second-order valence-corrected chi connectivity index (χ2v) is 6.23. The Labute approximate surface area is 113 Å². The van der Waals surface area contributed by atoms with E-state index in [1.165, 1.54) is 31.3 Å². The molecule has 2 aromatic rings. The fourth-order valence-corrected chi connectivity index (χ4v) is 2.85. The van der Waals surface area contributed by atoms with E-state index in [-0.39, 0.29) is 4.90 Å². The summed E-state index contributed by atoms with van der Waals surface area (Å²) in [6, 6.07) is 11.9. The molecule has 0 unspecified atom stereocenters. The van der Waals surface area contributed by atoms with Crippen molar-refractivity contribution in [2.75, 3.05) is 11.4 Å². The minimum atomic E-state index is -3.61. The Kier molecular flexibility index (Phi) is 3.62. The summed E-state index contributed by atoms with van der Waals surface area (Å²) in [7, 11) is -0.275. The van der Waals surface area contributed by atoms with Gasteiger partial charge in [-0.2, -0.15) is 0 Å². The van der Waals surface area contributed by atoms with Crippen molar-refractivity contribution in [3.8, 4) is 0 Å². The number of anilines is 1. The Morgan fingerprint density at radius 3 is 2.05 bits per heavy atom. The zero-order chi connectivity index (χ0) is 14.0. The van der Waals surface area contributed by atoms with Gasteiger partial charge in [-0.15, -0.1) is 0 Å². The molecule has 0 saturated carbocycles. The van der Waals surface area contributed by atoms with Crippen molar-refractivity contribution in [2.45, 2.75) is 4.90 Å². The van der Waals surface area contributed by atoms with Gasteiger partial charge in [-0.05, 0) is 36.4 Å². The lowest BCUT2D eigenvalue weighted by molar-refractivity contribution is 0.594. The van der Waals surface area contributed by atoms with E-state index in [9.17, 15) is 12.8 Å². The van der Waals surface area contributed by atoms with Crippen LogP contribution in [-0.4, -0.2) is 23.3 Å². The van der Waals surface area contributed by atoms with E-state index < -0.39 is 15.8 Å². The Bertz CT molecular complexity index is 669. The van der Waals surface area contributed by atoms with Crippen molar-refractivity contribution in [3.05, 3.63) is 54.3 Å². The van der Waals surface area contributed by atoms with Crippen molar-refractivity contribution in [2.24, 2.45) is 0 Å². The highest BCUT2D eigenvalue weighted by Crippen LogP contribution is 2.21. The maximum absolute atomic E-state index is 12.8. The molecule has 3 nitrogen and oxygen atoms in total. The topological polar surface area (TPSA) is 37.4 Å². The van der Waals surface area contributed by atoms with Crippen LogP contribution in [0.5, 0.6) is 0 Å². The van der Waals surface area contributed by atoms with Gasteiger partial charge >= 0.3 is 0 Å². The zero-order valence-corrected chi connectivity index (χ0v) is 11.5. The quantitative estimate of drug-likeness (QED) is 0.782. The summed E-state index contributed by atoms with van der Waals surface area (Å²) in [5, 5.41) is 0. The summed E-state index contributed by atoms with van der Waals surface area (Å²) in [6.45, 7) is 0. The summed E-state index contributed by atoms with van der Waals surface area (Å²) in [4.78, 5) is 0.213. The van der Waals surface area contributed by atoms with Crippen LogP contribution >= 0.6 is 0 Å². The molecule has 0 aromatic heterocycles. The Morgan fingerprint density at radius 1 is 1.00 bits per heavy atom. The SMILES string of the molecule is Bc1ccc(S(=O)(=O)N(C)c2ccc(F)cc2)cc1. The van der Waals surface area contributed by atoms with Crippen LogP contribution in [-0.2, 0) is 10.0 Å². The molecule has 0 fully saturated rings. The highest BCUT2D eigenvalue weighted by Gasteiger charge is 2.20. The van der Waals surface area contributed by atoms with E-state index >= 15 is 0 Å². The minimum Gasteiger partial charge on any atom is -0.269 e. The van der Waals surface area contributed by atoms with Crippen LogP contribution in [0.3, 0.4) is 0 Å². The predicted molar refractivity (Wildman–Crippen MR) is 76.6 cm³/mol. The summed E-state index contributed by atoms with van der Waals surface area (Å²) >= 11 is 0. The fraction of sp³-hybridized carbons (Fsp3) is 0.0769. The predicted octanol–water partition coefficient (Wildman–Crippen LogP) is 0.909. The average molecular weight is 277 g/mol. The number of halogens is 1. The number of rotatable bonds is 3. The number of nitrogens with zero attached hydrogens (tertiary/aromatic N) is 1. The van der Waals surface area contributed by atoms with Crippen LogP contribution in [0.1, 0.15) is 0 Å². The molecule has 6 heteroatoms. The molecular formula is C13H13BFNO2S. The van der Waals surface area contributed by atoms with Crippen LogP contribution in [0.25, 0.3) is 0 Å². The minimum absolute atomic E-state index is 0.213. The van der Waals surface area contributed by atoms with Gasteiger partial charge < -0.3 is 0 Å². The lowest BCUT2D eigenvalue weighted by atomic mass is 9.97. The molecule has 0 amide bonds. The number of sulfonamides is 1. The molecule has 98 valence electrons. The molecule has 0 atom stereocenters. The van der Waals surface area contributed by atoms with Gasteiger partial charge in [0.25, 0.3) is 10.0 Å². The van der Waals surface area contributed by atoms with Crippen LogP contribution < -0.4 is 9.77 Å². The summed E-state index contributed by atoms with van der Waals surface area (Å²) in [5.41, 5.74) is 1.41. The van der Waals surface area contributed by atoms with Crippen LogP contribution in [0, 0.1) is 5.82 Å². The monoisotopic (exact) mass is 277 g/mol. The normalized spacial score (nSPS) is 11.3. The van der Waals surface area contributed by atoms with Gasteiger partial charge in [0.15, 0.2) is 0 Å². The van der Waals surface area contributed by atoms with E-state index in [1.54, 1.807) is 24.3 Å². The molecule has 0 heterocycles. The maximum Gasteiger partial charge on any atom is 0.264 e. The first-order valence-electron chi connectivity index (χ1n) is 5.72. The Hall–Kier alpha value is -1.82. The highest BCUT2D eigenvalue weighted by molar-refractivity contribution is 7.92. The van der Waals surface area contributed by atoms with E-state index in [0.717, 1.165) is 9.77 Å². The number of hydrogen-bond donors (Lipinski definition) is 0. The lowest BCUT2D eigenvalue weighted by Crippen LogP contribution is -2.26. The maximum atomic E-state index is 12.8. The number of hydrogen-bond acceptors (Lipinski definition) is 2. The highest BCUT2D eigenvalue weighted by atomic mass is 32.2. The van der Waals surface area contributed by atoms with Gasteiger partial charge in [-0.3, -0.25) is 4.31 Å². The van der Waals surface area contributed by atoms with E-state index in [2.05, 4.69) is 0 Å². The molecule has 19 heavy (non-hydrogen) atoms. The van der Waals surface area contributed by atoms with Gasteiger partial charge in [0.1, 0.15) is 13.7 Å². The smallest absolute Gasteiger partial charge is 0.264 e. The first-order chi connectivity index (χ1) is 8.91. The van der Waals surface area contributed by atoms with Crippen LogP contribution in [0.2, 0.25) is 0 Å². The molecule has 0 radical (unpaired) electrons. The van der Waals surface area contributed by atoms with Crippen molar-refractivity contribution < 1.29 is 12.8 Å². The summed E-state index contributed by atoms with van der Waals surface area (Å²) in [5.74, 6) is -0.398. The third-order valence-corrected chi connectivity index (χ3v) is 4.67. The molecule has 0 aliphatic carbocycles. The van der Waals surface area contributed by atoms with Gasteiger partial charge in [-0.1, -0.05) is 17.6 Å². The number of benzene rings is 2. The molecule has 0 bridgehead atoms. The summed E-state index contributed by atoms with van der Waals surface area (Å²) < 4.78 is 38.7. The molecule has 0 saturated heterocycles. The molecule has 0 spiro atoms. The van der Waals surface area contributed by atoms with E-state index in [1.807, 2.05) is 7.85 Å². The first kappa shape index (κ1) is 13.6. The zero-order valence-electron chi connectivity index (χ0n) is 10.7. The molecule has 0 aliphatic heterocycles. The largest absolute Gasteiger partial charge is 0.269 e. The first-order valence-corrected chi connectivity index (χ1v) is 7.16. The second kappa shape index (κ2) is 5.05. The van der Waals surface area contributed by atoms with Crippen molar-refractivity contribution in [1.29, 1.82) is 0 Å². The molecule has 2 aromatic carbocycles. The van der Waals surface area contributed by atoms with Gasteiger partial charge in [0.2, 0.25) is 0 Å². The fourth-order valence-electron chi connectivity index (χ4n) is 1.66. The third-order valence-electron chi connectivity index (χ3n) is 2.87. The van der Waals surface area contributed by atoms with E-state index in [4.69, 9.17) is 0 Å². The van der Waals surface area contributed by atoms with Crippen molar-refractivity contribution in [1.82, 2.24) is 0 Å². The molecular weight excluding hydrogens is 264 g/mol. The molecule has 2 rings (SSSR count). The lowest BCUT2D eigenvalue weighted by Gasteiger charge is -2.19. The summed E-state index contributed by atoms with van der Waals surface area (Å²) in [6.07, 6.45) is 0. The third kappa shape index (κ3) is 2.79. The van der Waals surface area contributed by atoms with Crippen molar-refractivity contribution in [3.63, 3.8) is 0 Å².